The van der Waals surface area contributed by atoms with Crippen molar-refractivity contribution < 1.29 is 4.39 Å². The van der Waals surface area contributed by atoms with E-state index in [9.17, 15) is 4.39 Å². The Balaban J connectivity index is 2.72. The van der Waals surface area contributed by atoms with Gasteiger partial charge < -0.3 is 5.32 Å². The van der Waals surface area contributed by atoms with Crippen LogP contribution in [0.2, 0.25) is 0 Å². The highest BCUT2D eigenvalue weighted by molar-refractivity contribution is 9.10. The fourth-order valence-electron chi connectivity index (χ4n) is 2.04. The topological polar surface area (TPSA) is 37.8 Å². The minimum atomic E-state index is -0.301. The van der Waals surface area contributed by atoms with Gasteiger partial charge in [0.2, 0.25) is 0 Å². The standard InChI is InChI=1S/C14H15BrFN3/c1-8(2)11-13(18-7-19-14(11)17-3)9-5-4-6-10(15)12(9)16/h4-8H,1-3H3,(H,17,18,19). The van der Waals surface area contributed by atoms with E-state index in [2.05, 4.69) is 31.2 Å². The van der Waals surface area contributed by atoms with Crippen molar-refractivity contribution in [2.24, 2.45) is 0 Å². The molecule has 1 aromatic carbocycles. The lowest BCUT2D eigenvalue weighted by Gasteiger charge is -2.16. The van der Waals surface area contributed by atoms with Crippen LogP contribution < -0.4 is 5.32 Å². The van der Waals surface area contributed by atoms with Crippen molar-refractivity contribution in [3.8, 4) is 11.3 Å². The zero-order valence-electron chi connectivity index (χ0n) is 11.0. The molecule has 0 amide bonds. The Morgan fingerprint density at radius 1 is 1.26 bits per heavy atom. The van der Waals surface area contributed by atoms with E-state index >= 15 is 0 Å². The van der Waals surface area contributed by atoms with Crippen LogP contribution in [0.3, 0.4) is 0 Å². The molecule has 1 heterocycles. The normalized spacial score (nSPS) is 10.8. The van der Waals surface area contributed by atoms with Crippen molar-refractivity contribution in [1.29, 1.82) is 0 Å². The predicted octanol–water partition coefficient (Wildman–Crippen LogP) is 4.21. The highest BCUT2D eigenvalue weighted by Crippen LogP contribution is 2.34. The quantitative estimate of drug-likeness (QED) is 0.919. The summed E-state index contributed by atoms with van der Waals surface area (Å²) in [7, 11) is 1.80. The molecule has 2 aromatic rings. The average Bonchev–Trinajstić information content (AvgIpc) is 2.40. The van der Waals surface area contributed by atoms with Crippen molar-refractivity contribution in [3.05, 3.63) is 40.4 Å². The largest absolute Gasteiger partial charge is 0.373 e. The third-order valence-corrected chi connectivity index (χ3v) is 3.52. The van der Waals surface area contributed by atoms with Crippen LogP contribution in [0.4, 0.5) is 10.2 Å². The Hall–Kier alpha value is -1.49. The maximum Gasteiger partial charge on any atom is 0.146 e. The molecule has 0 aliphatic heterocycles. The minimum absolute atomic E-state index is 0.192. The molecule has 1 N–H and O–H groups in total. The first-order valence-corrected chi connectivity index (χ1v) is 6.82. The van der Waals surface area contributed by atoms with Gasteiger partial charge in [0, 0.05) is 18.2 Å². The van der Waals surface area contributed by atoms with Crippen molar-refractivity contribution in [2.45, 2.75) is 19.8 Å². The van der Waals surface area contributed by atoms with Crippen LogP contribution in [0.1, 0.15) is 25.3 Å². The predicted molar refractivity (Wildman–Crippen MR) is 78.8 cm³/mol. The van der Waals surface area contributed by atoms with E-state index in [-0.39, 0.29) is 11.7 Å². The van der Waals surface area contributed by atoms with Gasteiger partial charge in [0.25, 0.3) is 0 Å². The Morgan fingerprint density at radius 3 is 2.63 bits per heavy atom. The third kappa shape index (κ3) is 2.61. The number of hydrogen-bond acceptors (Lipinski definition) is 3. The van der Waals surface area contributed by atoms with E-state index in [4.69, 9.17) is 0 Å². The van der Waals surface area contributed by atoms with Crippen molar-refractivity contribution in [3.63, 3.8) is 0 Å². The van der Waals surface area contributed by atoms with Crippen molar-refractivity contribution >= 4 is 21.7 Å². The van der Waals surface area contributed by atoms with Gasteiger partial charge in [-0.15, -0.1) is 0 Å². The van der Waals surface area contributed by atoms with Crippen LogP contribution in [-0.4, -0.2) is 17.0 Å². The van der Waals surface area contributed by atoms with Crippen LogP contribution in [0.5, 0.6) is 0 Å². The molecule has 1 aromatic heterocycles. The maximum atomic E-state index is 14.2. The number of halogens is 2. The minimum Gasteiger partial charge on any atom is -0.373 e. The van der Waals surface area contributed by atoms with E-state index in [1.54, 1.807) is 25.2 Å². The van der Waals surface area contributed by atoms with E-state index in [1.807, 2.05) is 13.8 Å². The fraction of sp³-hybridized carbons (Fsp3) is 0.286. The first-order chi connectivity index (χ1) is 9.06. The molecule has 100 valence electrons. The summed E-state index contributed by atoms with van der Waals surface area (Å²) in [4.78, 5) is 8.47. The Bertz CT molecular complexity index is 599. The number of nitrogens with zero attached hydrogens (tertiary/aromatic N) is 2. The molecule has 3 nitrogen and oxygen atoms in total. The molecule has 0 fully saturated rings. The molecule has 2 rings (SSSR count). The highest BCUT2D eigenvalue weighted by Gasteiger charge is 2.18. The molecule has 19 heavy (non-hydrogen) atoms. The van der Waals surface area contributed by atoms with E-state index in [0.717, 1.165) is 11.4 Å². The molecule has 5 heteroatoms. The lowest BCUT2D eigenvalue weighted by atomic mass is 9.97. The van der Waals surface area contributed by atoms with Gasteiger partial charge in [-0.25, -0.2) is 14.4 Å². The summed E-state index contributed by atoms with van der Waals surface area (Å²) in [6.45, 7) is 4.08. The van der Waals surface area contributed by atoms with E-state index in [0.29, 0.717) is 15.7 Å². The van der Waals surface area contributed by atoms with Gasteiger partial charge in [0.15, 0.2) is 0 Å². The summed E-state index contributed by atoms with van der Waals surface area (Å²) in [5.74, 6) is 0.626. The molecule has 0 spiro atoms. The summed E-state index contributed by atoms with van der Waals surface area (Å²) in [5, 5.41) is 3.04. The van der Waals surface area contributed by atoms with Gasteiger partial charge in [-0.05, 0) is 34.0 Å². The molecule has 0 aliphatic rings. The van der Waals surface area contributed by atoms with Gasteiger partial charge in [0.05, 0.1) is 10.2 Å². The first kappa shape index (κ1) is 13.9. The second kappa shape index (κ2) is 5.65. The smallest absolute Gasteiger partial charge is 0.146 e. The number of hydrogen-bond donors (Lipinski definition) is 1. The van der Waals surface area contributed by atoms with Crippen molar-refractivity contribution in [2.75, 3.05) is 12.4 Å². The van der Waals surface area contributed by atoms with E-state index < -0.39 is 0 Å². The lowest BCUT2D eigenvalue weighted by Crippen LogP contribution is -2.05. The molecular formula is C14H15BrFN3. The molecule has 0 radical (unpaired) electrons. The van der Waals surface area contributed by atoms with Crippen molar-refractivity contribution in [1.82, 2.24) is 9.97 Å². The Kier molecular flexibility index (Phi) is 4.14. The van der Waals surface area contributed by atoms with Gasteiger partial charge in [-0.1, -0.05) is 19.9 Å². The molecule has 0 bridgehead atoms. The summed E-state index contributed by atoms with van der Waals surface area (Å²) in [6.07, 6.45) is 1.45. The molecule has 0 saturated heterocycles. The van der Waals surface area contributed by atoms with Gasteiger partial charge in [0.1, 0.15) is 18.0 Å². The summed E-state index contributed by atoms with van der Waals surface area (Å²) in [5.41, 5.74) is 2.03. The zero-order valence-corrected chi connectivity index (χ0v) is 12.6. The number of anilines is 1. The van der Waals surface area contributed by atoms with Crippen LogP contribution in [0.25, 0.3) is 11.3 Å². The zero-order chi connectivity index (χ0) is 14.0. The van der Waals surface area contributed by atoms with Gasteiger partial charge in [-0.3, -0.25) is 0 Å². The maximum absolute atomic E-state index is 14.2. The number of benzene rings is 1. The Morgan fingerprint density at radius 2 is 2.00 bits per heavy atom. The molecule has 0 unspecified atom stereocenters. The number of nitrogens with one attached hydrogen (secondary N) is 1. The highest BCUT2D eigenvalue weighted by atomic mass is 79.9. The Labute approximate surface area is 120 Å². The third-order valence-electron chi connectivity index (χ3n) is 2.90. The molecule has 0 saturated carbocycles. The summed E-state index contributed by atoms with van der Waals surface area (Å²) < 4.78 is 14.7. The molecule has 0 atom stereocenters. The summed E-state index contributed by atoms with van der Waals surface area (Å²) in [6, 6.07) is 5.20. The molecular weight excluding hydrogens is 309 g/mol. The van der Waals surface area contributed by atoms with Crippen LogP contribution in [-0.2, 0) is 0 Å². The van der Waals surface area contributed by atoms with E-state index in [1.165, 1.54) is 6.33 Å². The first-order valence-electron chi connectivity index (χ1n) is 6.03. The second-order valence-corrected chi connectivity index (χ2v) is 5.34. The summed E-state index contributed by atoms with van der Waals surface area (Å²) >= 11 is 3.21. The average molecular weight is 324 g/mol. The monoisotopic (exact) mass is 323 g/mol. The lowest BCUT2D eigenvalue weighted by molar-refractivity contribution is 0.623. The van der Waals surface area contributed by atoms with Crippen LogP contribution in [0, 0.1) is 5.82 Å². The van der Waals surface area contributed by atoms with Crippen LogP contribution >= 0.6 is 15.9 Å². The second-order valence-electron chi connectivity index (χ2n) is 4.49. The van der Waals surface area contributed by atoms with Gasteiger partial charge >= 0.3 is 0 Å². The number of aromatic nitrogens is 2. The molecule has 0 aliphatic carbocycles. The van der Waals surface area contributed by atoms with Gasteiger partial charge in [-0.2, -0.15) is 0 Å². The SMILES string of the molecule is CNc1ncnc(-c2cccc(Br)c2F)c1C(C)C. The van der Waals surface area contributed by atoms with Crippen LogP contribution in [0.15, 0.2) is 29.0 Å². The fourth-order valence-corrected chi connectivity index (χ4v) is 2.41. The number of rotatable bonds is 3.